The van der Waals surface area contributed by atoms with E-state index in [1.807, 2.05) is 11.0 Å². The molecule has 2 aliphatic heterocycles. The van der Waals surface area contributed by atoms with Gasteiger partial charge in [0.2, 0.25) is 11.9 Å². The van der Waals surface area contributed by atoms with Gasteiger partial charge in [-0.2, -0.15) is 0 Å². The lowest BCUT2D eigenvalue weighted by atomic mass is 9.93. The third-order valence-electron chi connectivity index (χ3n) is 4.69. The largest absolute Gasteiger partial charge is 0.339 e. The molecule has 8 heteroatoms. The van der Waals surface area contributed by atoms with Crippen LogP contribution in [0.3, 0.4) is 0 Å². The van der Waals surface area contributed by atoms with Gasteiger partial charge in [-0.3, -0.25) is 4.79 Å². The van der Waals surface area contributed by atoms with Crippen LogP contribution in [0.4, 0.5) is 5.95 Å². The van der Waals surface area contributed by atoms with E-state index in [2.05, 4.69) is 20.2 Å². The molecule has 24 heavy (non-hydrogen) atoms. The molecule has 136 valence electrons. The van der Waals surface area contributed by atoms with Gasteiger partial charge in [-0.1, -0.05) is 0 Å². The molecular weight excluding hydrogens is 349 g/mol. The van der Waals surface area contributed by atoms with E-state index in [1.165, 1.54) is 12.8 Å². The summed E-state index contributed by atoms with van der Waals surface area (Å²) in [7, 11) is 0. The van der Waals surface area contributed by atoms with Gasteiger partial charge in [0.25, 0.3) is 0 Å². The number of carbonyl (C=O) groups excluding carboxylic acids is 1. The Morgan fingerprint density at radius 2 is 1.71 bits per heavy atom. The second-order valence-electron chi connectivity index (χ2n) is 6.15. The highest BCUT2D eigenvalue weighted by atomic mass is 35.5. The number of nitrogens with zero attached hydrogens (tertiary/aromatic N) is 4. The van der Waals surface area contributed by atoms with Crippen LogP contribution in [0.5, 0.6) is 0 Å². The molecule has 2 fully saturated rings. The molecule has 2 saturated heterocycles. The molecule has 0 unspecified atom stereocenters. The Morgan fingerprint density at radius 3 is 2.33 bits per heavy atom. The third kappa shape index (κ3) is 5.76. The number of anilines is 1. The molecule has 0 bridgehead atoms. The van der Waals surface area contributed by atoms with Crippen molar-refractivity contribution in [3.8, 4) is 0 Å². The summed E-state index contributed by atoms with van der Waals surface area (Å²) in [5.41, 5.74) is 0. The molecule has 1 aromatic rings. The molecule has 6 nitrogen and oxygen atoms in total. The Bertz CT molecular complexity index is 477. The average molecular weight is 376 g/mol. The van der Waals surface area contributed by atoms with Gasteiger partial charge >= 0.3 is 0 Å². The van der Waals surface area contributed by atoms with Crippen molar-refractivity contribution in [2.24, 2.45) is 5.92 Å². The van der Waals surface area contributed by atoms with E-state index in [4.69, 9.17) is 0 Å². The van der Waals surface area contributed by atoms with Gasteiger partial charge in [0, 0.05) is 45.0 Å². The van der Waals surface area contributed by atoms with E-state index in [0.29, 0.717) is 12.3 Å². The van der Waals surface area contributed by atoms with Crippen LogP contribution in [0, 0.1) is 5.92 Å². The topological polar surface area (TPSA) is 61.4 Å². The van der Waals surface area contributed by atoms with E-state index < -0.39 is 0 Å². The maximum Gasteiger partial charge on any atom is 0.225 e. The average Bonchev–Trinajstić information content (AvgIpc) is 2.61. The first-order chi connectivity index (χ1) is 10.8. The molecule has 0 aliphatic carbocycles. The summed E-state index contributed by atoms with van der Waals surface area (Å²) in [5.74, 6) is 1.81. The van der Waals surface area contributed by atoms with E-state index in [0.717, 1.165) is 57.6 Å². The lowest BCUT2D eigenvalue weighted by Crippen LogP contribution is -2.49. The fourth-order valence-corrected chi connectivity index (χ4v) is 3.27. The lowest BCUT2D eigenvalue weighted by molar-refractivity contribution is -0.131. The van der Waals surface area contributed by atoms with Gasteiger partial charge < -0.3 is 15.1 Å². The second-order valence-corrected chi connectivity index (χ2v) is 6.15. The molecule has 0 atom stereocenters. The van der Waals surface area contributed by atoms with Crippen LogP contribution < -0.4 is 10.2 Å². The predicted octanol–water partition coefficient (Wildman–Crippen LogP) is 1.75. The molecule has 0 radical (unpaired) electrons. The molecule has 2 aliphatic rings. The number of hydrogen-bond acceptors (Lipinski definition) is 5. The molecule has 1 N–H and O–H groups in total. The van der Waals surface area contributed by atoms with Gasteiger partial charge in [-0.15, -0.1) is 24.8 Å². The minimum absolute atomic E-state index is 0. The predicted molar refractivity (Wildman–Crippen MR) is 100 cm³/mol. The number of aromatic nitrogens is 2. The SMILES string of the molecule is Cl.Cl.O=C(CCC1CCNCC1)N1CCN(c2ncccn2)CC1. The van der Waals surface area contributed by atoms with Crippen LogP contribution in [0.2, 0.25) is 0 Å². The van der Waals surface area contributed by atoms with Crippen LogP contribution in [-0.2, 0) is 4.79 Å². The fourth-order valence-electron chi connectivity index (χ4n) is 3.27. The summed E-state index contributed by atoms with van der Waals surface area (Å²) >= 11 is 0. The van der Waals surface area contributed by atoms with Crippen molar-refractivity contribution in [1.82, 2.24) is 20.2 Å². The van der Waals surface area contributed by atoms with Crippen molar-refractivity contribution in [3.63, 3.8) is 0 Å². The van der Waals surface area contributed by atoms with Crippen molar-refractivity contribution < 1.29 is 4.79 Å². The highest BCUT2D eigenvalue weighted by Crippen LogP contribution is 2.19. The zero-order valence-corrected chi connectivity index (χ0v) is 15.5. The van der Waals surface area contributed by atoms with Gasteiger partial charge in [0.15, 0.2) is 0 Å². The number of halogens is 2. The molecule has 3 heterocycles. The number of amides is 1. The standard InChI is InChI=1S/C16H25N5O.2ClH/c22-15(3-2-14-4-8-17-9-5-14)20-10-12-21(13-11-20)16-18-6-1-7-19-16;;/h1,6-7,14,17H,2-5,8-13H2;2*1H. The van der Waals surface area contributed by atoms with Crippen molar-refractivity contribution in [2.45, 2.75) is 25.7 Å². The summed E-state index contributed by atoms with van der Waals surface area (Å²) in [4.78, 5) is 25.0. The van der Waals surface area contributed by atoms with Crippen LogP contribution in [0.25, 0.3) is 0 Å². The van der Waals surface area contributed by atoms with E-state index in [1.54, 1.807) is 12.4 Å². The molecular formula is C16H27Cl2N5O. The Labute approximate surface area is 156 Å². The molecule has 1 aromatic heterocycles. The Morgan fingerprint density at radius 1 is 1.08 bits per heavy atom. The summed E-state index contributed by atoms with van der Waals surface area (Å²) in [5, 5.41) is 3.37. The van der Waals surface area contributed by atoms with Crippen molar-refractivity contribution in [3.05, 3.63) is 18.5 Å². The second kappa shape index (κ2) is 10.7. The van der Waals surface area contributed by atoms with E-state index in [-0.39, 0.29) is 24.8 Å². The van der Waals surface area contributed by atoms with Crippen LogP contribution in [-0.4, -0.2) is 60.0 Å². The zero-order chi connectivity index (χ0) is 15.2. The number of rotatable bonds is 4. The zero-order valence-electron chi connectivity index (χ0n) is 13.9. The first-order valence-electron chi connectivity index (χ1n) is 8.33. The minimum Gasteiger partial charge on any atom is -0.339 e. The van der Waals surface area contributed by atoms with Crippen molar-refractivity contribution >= 4 is 36.7 Å². The molecule has 0 aromatic carbocycles. The van der Waals surface area contributed by atoms with Gasteiger partial charge in [-0.05, 0) is 44.3 Å². The lowest BCUT2D eigenvalue weighted by Gasteiger charge is -2.35. The van der Waals surface area contributed by atoms with Crippen molar-refractivity contribution in [2.75, 3.05) is 44.2 Å². The highest BCUT2D eigenvalue weighted by Gasteiger charge is 2.23. The molecule has 3 rings (SSSR count). The smallest absolute Gasteiger partial charge is 0.225 e. The highest BCUT2D eigenvalue weighted by molar-refractivity contribution is 5.85. The molecule has 0 spiro atoms. The number of carbonyl (C=O) groups is 1. The monoisotopic (exact) mass is 375 g/mol. The Kier molecular flexibility index (Phi) is 9.33. The van der Waals surface area contributed by atoms with Gasteiger partial charge in [0.1, 0.15) is 0 Å². The minimum atomic E-state index is 0. The number of hydrogen-bond donors (Lipinski definition) is 1. The van der Waals surface area contributed by atoms with Gasteiger partial charge in [-0.25, -0.2) is 9.97 Å². The summed E-state index contributed by atoms with van der Waals surface area (Å²) in [6, 6.07) is 1.82. The first kappa shape index (κ1) is 20.9. The first-order valence-corrected chi connectivity index (χ1v) is 8.33. The number of nitrogens with one attached hydrogen (secondary N) is 1. The fraction of sp³-hybridized carbons (Fsp3) is 0.688. The Balaban J connectivity index is 0.00000144. The Hall–Kier alpha value is -1.11. The van der Waals surface area contributed by atoms with Gasteiger partial charge in [0.05, 0.1) is 0 Å². The summed E-state index contributed by atoms with van der Waals surface area (Å²) < 4.78 is 0. The third-order valence-corrected chi connectivity index (χ3v) is 4.69. The van der Waals surface area contributed by atoms with E-state index in [9.17, 15) is 4.79 Å². The maximum absolute atomic E-state index is 12.3. The number of piperidine rings is 1. The molecule has 0 saturated carbocycles. The van der Waals surface area contributed by atoms with Crippen LogP contribution in [0.1, 0.15) is 25.7 Å². The van der Waals surface area contributed by atoms with Crippen molar-refractivity contribution in [1.29, 1.82) is 0 Å². The maximum atomic E-state index is 12.3. The normalized spacial score (nSPS) is 18.5. The number of piperazine rings is 1. The quantitative estimate of drug-likeness (QED) is 0.868. The van der Waals surface area contributed by atoms with Crippen LogP contribution >= 0.6 is 24.8 Å². The van der Waals surface area contributed by atoms with Crippen LogP contribution in [0.15, 0.2) is 18.5 Å². The molecule has 1 amide bonds. The summed E-state index contributed by atoms with van der Waals surface area (Å²) in [6.07, 6.45) is 7.70. The van der Waals surface area contributed by atoms with E-state index >= 15 is 0 Å². The summed E-state index contributed by atoms with van der Waals surface area (Å²) in [6.45, 7) is 5.42.